The second-order valence-electron chi connectivity index (χ2n) is 11.8. The van der Waals surface area contributed by atoms with Crippen molar-refractivity contribution < 1.29 is 19.0 Å². The van der Waals surface area contributed by atoms with Crippen molar-refractivity contribution in [2.24, 2.45) is 4.99 Å². The third-order valence-electron chi connectivity index (χ3n) is 7.96. The van der Waals surface area contributed by atoms with Crippen molar-refractivity contribution in [1.82, 2.24) is 9.13 Å². The number of allylic oxidation sites excluding steroid dienone is 1. The highest BCUT2D eigenvalue weighted by atomic mass is 32.1. The van der Waals surface area contributed by atoms with Gasteiger partial charge in [0.2, 0.25) is 0 Å². The van der Waals surface area contributed by atoms with Crippen LogP contribution in [0.25, 0.3) is 11.8 Å². The van der Waals surface area contributed by atoms with Crippen LogP contribution in [0.2, 0.25) is 0 Å². The molecule has 0 saturated heterocycles. The van der Waals surface area contributed by atoms with E-state index in [9.17, 15) is 9.59 Å². The summed E-state index contributed by atoms with van der Waals surface area (Å²) in [6.07, 6.45) is 1.87. The Morgan fingerprint density at radius 1 is 1.02 bits per heavy atom. The van der Waals surface area contributed by atoms with E-state index in [1.54, 1.807) is 25.5 Å². The van der Waals surface area contributed by atoms with Crippen LogP contribution in [0.3, 0.4) is 0 Å². The van der Waals surface area contributed by atoms with Crippen LogP contribution >= 0.6 is 11.3 Å². The number of benzene rings is 2. The Kier molecular flexibility index (Phi) is 9.20. The molecular formula is C36H41N3O5S. The Balaban J connectivity index is 1.66. The number of aryl methyl sites for hydroxylation is 1. The first-order valence-corrected chi connectivity index (χ1v) is 16.1. The molecule has 0 fully saturated rings. The molecule has 2 aromatic carbocycles. The SMILES string of the molecule is CCOC(=O)C1=C(C)N=c2s/c(=C\c3cc(C)n(-c4ccc(C(C)C)cc4)c3C)c(=O)n2[C@H]1c1ccc(OC(C)C)c(OC)c1. The fourth-order valence-electron chi connectivity index (χ4n) is 5.79. The summed E-state index contributed by atoms with van der Waals surface area (Å²) in [6, 6.07) is 15.4. The molecule has 1 aliphatic heterocycles. The van der Waals surface area contributed by atoms with Gasteiger partial charge in [0.1, 0.15) is 0 Å². The minimum absolute atomic E-state index is 0.0546. The topological polar surface area (TPSA) is 84.1 Å². The summed E-state index contributed by atoms with van der Waals surface area (Å²) in [6.45, 7) is 16.1. The monoisotopic (exact) mass is 627 g/mol. The van der Waals surface area contributed by atoms with E-state index < -0.39 is 12.0 Å². The molecule has 1 atom stereocenters. The molecule has 0 saturated carbocycles. The van der Waals surface area contributed by atoms with Crippen LogP contribution < -0.4 is 24.4 Å². The van der Waals surface area contributed by atoms with Gasteiger partial charge in [0.05, 0.1) is 41.7 Å². The van der Waals surface area contributed by atoms with Gasteiger partial charge in [-0.1, -0.05) is 43.4 Å². The molecule has 0 N–H and O–H groups in total. The lowest BCUT2D eigenvalue weighted by Gasteiger charge is -2.25. The molecule has 3 heterocycles. The fourth-order valence-corrected chi connectivity index (χ4v) is 6.83. The molecule has 45 heavy (non-hydrogen) atoms. The van der Waals surface area contributed by atoms with E-state index >= 15 is 0 Å². The molecular weight excluding hydrogens is 586 g/mol. The molecule has 0 aliphatic carbocycles. The van der Waals surface area contributed by atoms with Crippen LogP contribution in [-0.4, -0.2) is 34.9 Å². The molecule has 0 amide bonds. The van der Waals surface area contributed by atoms with Crippen LogP contribution in [0.4, 0.5) is 0 Å². The number of esters is 1. The molecule has 0 bridgehead atoms. The first kappa shape index (κ1) is 32.0. The molecule has 0 unspecified atom stereocenters. The average molecular weight is 628 g/mol. The Hall–Kier alpha value is -4.37. The molecule has 8 nitrogen and oxygen atoms in total. The van der Waals surface area contributed by atoms with Crippen molar-refractivity contribution >= 4 is 23.4 Å². The van der Waals surface area contributed by atoms with Crippen LogP contribution in [0, 0.1) is 13.8 Å². The predicted octanol–water partition coefficient (Wildman–Crippen LogP) is 6.13. The first-order valence-electron chi connectivity index (χ1n) is 15.3. The molecule has 9 heteroatoms. The lowest BCUT2D eigenvalue weighted by atomic mass is 9.95. The maximum atomic E-state index is 14.2. The maximum Gasteiger partial charge on any atom is 0.338 e. The standard InChI is InChI=1S/C36H41N3O5S/c1-10-43-35(41)32-23(7)37-36-39(33(32)26-13-16-29(44-21(4)5)30(18-26)42-9)34(40)31(45-36)19-27-17-22(6)38(24(27)8)28-14-11-25(12-15-28)20(2)3/h11-21,33H,10H2,1-9H3/b31-19-/t33-/m0/s1. The van der Waals surface area contributed by atoms with Gasteiger partial charge in [-0.3, -0.25) is 9.36 Å². The van der Waals surface area contributed by atoms with Crippen molar-refractivity contribution in [3.63, 3.8) is 0 Å². The van der Waals surface area contributed by atoms with E-state index in [2.05, 4.69) is 62.6 Å². The number of thiazole rings is 1. The number of ether oxygens (including phenoxy) is 3. The minimum Gasteiger partial charge on any atom is -0.493 e. The fraction of sp³-hybridized carbons (Fsp3) is 0.361. The van der Waals surface area contributed by atoms with E-state index in [-0.39, 0.29) is 18.3 Å². The number of carbonyl (C=O) groups excluding carboxylic acids is 1. The van der Waals surface area contributed by atoms with Gasteiger partial charge in [-0.2, -0.15) is 0 Å². The van der Waals surface area contributed by atoms with Gasteiger partial charge in [0.25, 0.3) is 5.56 Å². The zero-order chi connectivity index (χ0) is 32.6. The molecule has 0 spiro atoms. The quantitative estimate of drug-likeness (QED) is 0.209. The molecule has 1 aliphatic rings. The molecule has 2 aromatic heterocycles. The normalized spacial score (nSPS) is 15.0. The number of fused-ring (bicyclic) bond motifs is 1. The third kappa shape index (κ3) is 6.14. The molecule has 5 rings (SSSR count). The van der Waals surface area contributed by atoms with E-state index in [4.69, 9.17) is 19.2 Å². The number of hydrogen-bond donors (Lipinski definition) is 0. The zero-order valence-electron chi connectivity index (χ0n) is 27.4. The maximum absolute atomic E-state index is 14.2. The van der Waals surface area contributed by atoms with Crippen LogP contribution in [-0.2, 0) is 9.53 Å². The van der Waals surface area contributed by atoms with Crippen molar-refractivity contribution in [3.05, 3.63) is 108 Å². The summed E-state index contributed by atoms with van der Waals surface area (Å²) in [5.41, 5.74) is 6.69. The number of methoxy groups -OCH3 is 1. The van der Waals surface area contributed by atoms with E-state index in [1.807, 2.05) is 38.1 Å². The van der Waals surface area contributed by atoms with Gasteiger partial charge < -0.3 is 18.8 Å². The van der Waals surface area contributed by atoms with Gasteiger partial charge in [0.15, 0.2) is 16.3 Å². The molecule has 236 valence electrons. The summed E-state index contributed by atoms with van der Waals surface area (Å²) in [5.74, 6) is 1.04. The van der Waals surface area contributed by atoms with Crippen molar-refractivity contribution in [2.75, 3.05) is 13.7 Å². The largest absolute Gasteiger partial charge is 0.493 e. The predicted molar refractivity (Wildman–Crippen MR) is 178 cm³/mol. The summed E-state index contributed by atoms with van der Waals surface area (Å²) in [5, 5.41) is 0. The molecule has 4 aromatic rings. The van der Waals surface area contributed by atoms with Crippen molar-refractivity contribution in [2.45, 2.75) is 73.5 Å². The Labute approximate surface area is 267 Å². The number of carbonyl (C=O) groups is 1. The van der Waals surface area contributed by atoms with Crippen molar-refractivity contribution in [3.8, 4) is 17.2 Å². The van der Waals surface area contributed by atoms with E-state index in [0.29, 0.717) is 43.6 Å². The highest BCUT2D eigenvalue weighted by Gasteiger charge is 2.34. The minimum atomic E-state index is -0.753. The van der Waals surface area contributed by atoms with E-state index in [1.165, 1.54) is 16.9 Å². The third-order valence-corrected chi connectivity index (χ3v) is 8.94. The first-order chi connectivity index (χ1) is 21.4. The Bertz CT molecular complexity index is 1960. The van der Waals surface area contributed by atoms with Gasteiger partial charge in [-0.25, -0.2) is 9.79 Å². The second-order valence-corrected chi connectivity index (χ2v) is 12.8. The highest BCUT2D eigenvalue weighted by Crippen LogP contribution is 2.36. The van der Waals surface area contributed by atoms with Gasteiger partial charge in [-0.05, 0) is 101 Å². The number of rotatable bonds is 9. The Morgan fingerprint density at radius 2 is 1.73 bits per heavy atom. The summed E-state index contributed by atoms with van der Waals surface area (Å²) < 4.78 is 21.4. The number of nitrogens with zero attached hydrogens (tertiary/aromatic N) is 3. The summed E-state index contributed by atoms with van der Waals surface area (Å²) >= 11 is 1.31. The number of aromatic nitrogens is 2. The second kappa shape index (κ2) is 12.9. The average Bonchev–Trinajstić information content (AvgIpc) is 3.45. The van der Waals surface area contributed by atoms with E-state index in [0.717, 1.165) is 22.6 Å². The van der Waals surface area contributed by atoms with Gasteiger partial charge >= 0.3 is 5.97 Å². The van der Waals surface area contributed by atoms with Gasteiger partial charge in [-0.15, -0.1) is 0 Å². The van der Waals surface area contributed by atoms with Crippen LogP contribution in [0.1, 0.15) is 81.6 Å². The van der Waals surface area contributed by atoms with Gasteiger partial charge in [0, 0.05) is 17.1 Å². The molecule has 0 radical (unpaired) electrons. The smallest absolute Gasteiger partial charge is 0.338 e. The van der Waals surface area contributed by atoms with Crippen LogP contribution in [0.5, 0.6) is 11.5 Å². The lowest BCUT2D eigenvalue weighted by molar-refractivity contribution is -0.139. The zero-order valence-corrected chi connectivity index (χ0v) is 28.2. The van der Waals surface area contributed by atoms with Crippen LogP contribution in [0.15, 0.2) is 69.6 Å². The highest BCUT2D eigenvalue weighted by molar-refractivity contribution is 7.07. The summed E-state index contributed by atoms with van der Waals surface area (Å²) in [7, 11) is 1.57. The Morgan fingerprint density at radius 3 is 2.36 bits per heavy atom. The summed E-state index contributed by atoms with van der Waals surface area (Å²) in [4.78, 5) is 32.8. The number of hydrogen-bond acceptors (Lipinski definition) is 7. The van der Waals surface area contributed by atoms with Crippen molar-refractivity contribution in [1.29, 1.82) is 0 Å². The lowest BCUT2D eigenvalue weighted by Crippen LogP contribution is -2.40.